The van der Waals surface area contributed by atoms with Crippen LogP contribution in [0.3, 0.4) is 0 Å². The van der Waals surface area contributed by atoms with Crippen LogP contribution in [0.1, 0.15) is 11.6 Å². The molecule has 110 valence electrons. The van der Waals surface area contributed by atoms with Crippen LogP contribution in [-0.2, 0) is 11.3 Å². The number of nitrogens with one attached hydrogen (secondary N) is 2. The molecule has 1 aromatic carbocycles. The third-order valence-electron chi connectivity index (χ3n) is 2.75. The van der Waals surface area contributed by atoms with Crippen molar-refractivity contribution in [2.45, 2.75) is 12.6 Å². The number of rotatable bonds is 6. The number of hydrogen-bond acceptors (Lipinski definition) is 4. The van der Waals surface area contributed by atoms with Crippen LogP contribution >= 0.6 is 0 Å². The molecular weight excluding hydrogens is 274 g/mol. The zero-order valence-electron chi connectivity index (χ0n) is 11.1. The van der Waals surface area contributed by atoms with Crippen LogP contribution in [-0.4, -0.2) is 38.6 Å². The molecule has 1 aromatic heterocycles. The van der Waals surface area contributed by atoms with Gasteiger partial charge in [-0.05, 0) is 5.56 Å². The molecule has 0 aliphatic carbocycles. The van der Waals surface area contributed by atoms with Crippen LogP contribution in [0.2, 0.25) is 0 Å². The maximum absolute atomic E-state index is 11.7. The highest BCUT2D eigenvalue weighted by Crippen LogP contribution is 2.12. The monoisotopic (exact) mass is 289 g/mol. The predicted molar refractivity (Wildman–Crippen MR) is 73.4 cm³/mol. The van der Waals surface area contributed by atoms with Gasteiger partial charge in [-0.25, -0.2) is 9.59 Å². The van der Waals surface area contributed by atoms with Crippen LogP contribution in [0.5, 0.6) is 0 Å². The molecule has 0 aliphatic rings. The van der Waals surface area contributed by atoms with E-state index in [-0.39, 0.29) is 0 Å². The Morgan fingerprint density at radius 3 is 2.67 bits per heavy atom. The van der Waals surface area contributed by atoms with Crippen molar-refractivity contribution in [2.75, 3.05) is 6.54 Å². The number of urea groups is 1. The van der Waals surface area contributed by atoms with E-state index in [4.69, 9.17) is 0 Å². The second-order valence-corrected chi connectivity index (χ2v) is 4.25. The molecule has 0 aliphatic heterocycles. The van der Waals surface area contributed by atoms with E-state index in [1.165, 1.54) is 6.20 Å². The fourth-order valence-corrected chi connectivity index (χ4v) is 1.75. The van der Waals surface area contributed by atoms with Gasteiger partial charge in [-0.15, -0.1) is 5.10 Å². The Morgan fingerprint density at radius 1 is 1.29 bits per heavy atom. The van der Waals surface area contributed by atoms with Gasteiger partial charge in [0, 0.05) is 12.7 Å². The Morgan fingerprint density at radius 2 is 2.05 bits per heavy atom. The molecule has 2 aromatic rings. The van der Waals surface area contributed by atoms with Crippen molar-refractivity contribution >= 4 is 12.0 Å². The summed E-state index contributed by atoms with van der Waals surface area (Å²) in [5.74, 6) is -1.12. The van der Waals surface area contributed by atoms with E-state index in [0.717, 1.165) is 0 Å². The maximum Gasteiger partial charge on any atom is 0.330 e. The molecule has 0 fully saturated rings. The maximum atomic E-state index is 11.7. The Hall–Kier alpha value is -2.90. The normalized spacial score (nSPS) is 11.6. The standard InChI is InChI=1S/C13H15N5O3/c19-12(20)11(10-4-2-1-3-5-10)16-13(21)14-6-8-18-9-7-15-17-18/h1-5,7,9,11H,6,8H2,(H,19,20)(H2,14,16,21). The molecule has 1 atom stereocenters. The van der Waals surface area contributed by atoms with Gasteiger partial charge in [-0.3, -0.25) is 4.68 Å². The lowest BCUT2D eigenvalue weighted by molar-refractivity contribution is -0.139. The highest BCUT2D eigenvalue weighted by molar-refractivity contribution is 5.83. The molecule has 0 saturated carbocycles. The molecule has 0 spiro atoms. The summed E-state index contributed by atoms with van der Waals surface area (Å²) < 4.78 is 1.56. The first-order valence-corrected chi connectivity index (χ1v) is 6.33. The molecule has 8 nitrogen and oxygen atoms in total. The SMILES string of the molecule is O=C(NCCn1ccnn1)NC(C(=O)O)c1ccccc1. The van der Waals surface area contributed by atoms with Gasteiger partial charge in [-0.2, -0.15) is 0 Å². The lowest BCUT2D eigenvalue weighted by Crippen LogP contribution is -2.41. The number of benzene rings is 1. The zero-order valence-corrected chi connectivity index (χ0v) is 11.1. The smallest absolute Gasteiger partial charge is 0.330 e. The minimum Gasteiger partial charge on any atom is -0.479 e. The summed E-state index contributed by atoms with van der Waals surface area (Å²) in [6.45, 7) is 0.771. The van der Waals surface area contributed by atoms with Gasteiger partial charge >= 0.3 is 12.0 Å². The Kier molecular flexibility index (Phi) is 4.86. The number of nitrogens with zero attached hydrogens (tertiary/aromatic N) is 3. The molecule has 1 heterocycles. The van der Waals surface area contributed by atoms with Gasteiger partial charge in [0.15, 0.2) is 6.04 Å². The van der Waals surface area contributed by atoms with Crippen LogP contribution in [0.15, 0.2) is 42.7 Å². The average molecular weight is 289 g/mol. The van der Waals surface area contributed by atoms with E-state index < -0.39 is 18.0 Å². The Bertz CT molecular complexity index is 585. The second kappa shape index (κ2) is 7.04. The van der Waals surface area contributed by atoms with E-state index in [1.54, 1.807) is 41.2 Å². The summed E-state index contributed by atoms with van der Waals surface area (Å²) in [4.78, 5) is 23.0. The molecule has 0 saturated heterocycles. The van der Waals surface area contributed by atoms with Crippen LogP contribution in [0.4, 0.5) is 4.79 Å². The van der Waals surface area contributed by atoms with Crippen molar-refractivity contribution in [3.05, 3.63) is 48.3 Å². The van der Waals surface area contributed by atoms with Crippen molar-refractivity contribution in [3.8, 4) is 0 Å². The summed E-state index contributed by atoms with van der Waals surface area (Å²) in [5, 5.41) is 21.6. The number of aromatic nitrogens is 3. The summed E-state index contributed by atoms with van der Waals surface area (Å²) >= 11 is 0. The van der Waals surface area contributed by atoms with Crippen LogP contribution in [0.25, 0.3) is 0 Å². The van der Waals surface area contributed by atoms with Crippen LogP contribution in [0, 0.1) is 0 Å². The fourth-order valence-electron chi connectivity index (χ4n) is 1.75. The summed E-state index contributed by atoms with van der Waals surface area (Å²) in [5.41, 5.74) is 0.511. The largest absolute Gasteiger partial charge is 0.479 e. The molecule has 2 rings (SSSR count). The lowest BCUT2D eigenvalue weighted by Gasteiger charge is -2.15. The molecule has 21 heavy (non-hydrogen) atoms. The van der Waals surface area contributed by atoms with E-state index in [2.05, 4.69) is 20.9 Å². The van der Waals surface area contributed by atoms with Gasteiger partial charge in [0.05, 0.1) is 12.7 Å². The van der Waals surface area contributed by atoms with Gasteiger partial charge in [0.1, 0.15) is 0 Å². The fraction of sp³-hybridized carbons (Fsp3) is 0.231. The van der Waals surface area contributed by atoms with E-state index in [0.29, 0.717) is 18.7 Å². The number of carboxylic acids is 1. The Labute approximate surface area is 120 Å². The highest BCUT2D eigenvalue weighted by Gasteiger charge is 2.21. The van der Waals surface area contributed by atoms with Gasteiger partial charge in [0.25, 0.3) is 0 Å². The molecule has 2 amide bonds. The average Bonchev–Trinajstić information content (AvgIpc) is 2.98. The van der Waals surface area contributed by atoms with Crippen molar-refractivity contribution in [1.82, 2.24) is 25.6 Å². The number of carbonyl (C=O) groups is 2. The molecule has 8 heteroatoms. The minimum absolute atomic E-state index is 0.316. The lowest BCUT2D eigenvalue weighted by atomic mass is 10.1. The number of amides is 2. The summed E-state index contributed by atoms with van der Waals surface area (Å²) in [7, 11) is 0. The first-order chi connectivity index (χ1) is 10.2. The molecule has 0 radical (unpaired) electrons. The predicted octanol–water partition coefficient (Wildman–Crippen LogP) is 0.403. The van der Waals surface area contributed by atoms with Gasteiger partial charge in [-0.1, -0.05) is 35.5 Å². The first-order valence-electron chi connectivity index (χ1n) is 6.33. The second-order valence-electron chi connectivity index (χ2n) is 4.25. The molecule has 3 N–H and O–H groups in total. The molecular formula is C13H15N5O3. The number of hydrogen-bond donors (Lipinski definition) is 3. The van der Waals surface area contributed by atoms with Gasteiger partial charge in [0.2, 0.25) is 0 Å². The Balaban J connectivity index is 1.85. The number of aliphatic carboxylic acids is 1. The van der Waals surface area contributed by atoms with Crippen molar-refractivity contribution in [2.24, 2.45) is 0 Å². The van der Waals surface area contributed by atoms with E-state index in [1.807, 2.05) is 0 Å². The summed E-state index contributed by atoms with van der Waals surface area (Å²) in [6, 6.07) is 6.87. The highest BCUT2D eigenvalue weighted by atomic mass is 16.4. The van der Waals surface area contributed by atoms with Crippen LogP contribution < -0.4 is 10.6 Å². The van der Waals surface area contributed by atoms with Crippen molar-refractivity contribution < 1.29 is 14.7 Å². The topological polar surface area (TPSA) is 109 Å². The number of carboxylic acid groups (broad SMARTS) is 1. The summed E-state index contributed by atoms with van der Waals surface area (Å²) in [6.07, 6.45) is 3.21. The minimum atomic E-state index is -1.12. The third-order valence-corrected chi connectivity index (χ3v) is 2.75. The third kappa shape index (κ3) is 4.30. The number of carbonyl (C=O) groups excluding carboxylic acids is 1. The van der Waals surface area contributed by atoms with Crippen molar-refractivity contribution in [1.29, 1.82) is 0 Å². The van der Waals surface area contributed by atoms with Crippen molar-refractivity contribution in [3.63, 3.8) is 0 Å². The van der Waals surface area contributed by atoms with E-state index >= 15 is 0 Å². The quantitative estimate of drug-likeness (QED) is 0.713. The molecule has 1 unspecified atom stereocenters. The zero-order chi connectivity index (χ0) is 15.1. The van der Waals surface area contributed by atoms with E-state index in [9.17, 15) is 14.7 Å². The van der Waals surface area contributed by atoms with Gasteiger partial charge < -0.3 is 15.7 Å². The first kappa shape index (κ1) is 14.5. The molecule has 0 bridgehead atoms.